The summed E-state index contributed by atoms with van der Waals surface area (Å²) in [6, 6.07) is 24.2. The number of H-pyrrole nitrogens is 1. The van der Waals surface area contributed by atoms with Gasteiger partial charge >= 0.3 is 5.97 Å². The first-order valence-corrected chi connectivity index (χ1v) is 12.4. The summed E-state index contributed by atoms with van der Waals surface area (Å²) >= 11 is 0. The molecule has 5 rings (SSSR count). The van der Waals surface area contributed by atoms with Crippen molar-refractivity contribution in [2.45, 2.75) is 25.7 Å². The van der Waals surface area contributed by atoms with Crippen molar-refractivity contribution in [1.29, 1.82) is 0 Å². The maximum absolute atomic E-state index is 13.4. The van der Waals surface area contributed by atoms with Crippen LogP contribution in [0.2, 0.25) is 0 Å². The van der Waals surface area contributed by atoms with Crippen molar-refractivity contribution >= 4 is 5.97 Å². The number of aliphatic carboxylic acids is 1. The molecule has 2 aliphatic heterocycles. The fourth-order valence-corrected chi connectivity index (χ4v) is 4.31. The number of carboxylic acids is 1. The van der Waals surface area contributed by atoms with Gasteiger partial charge in [-0.25, -0.2) is 4.98 Å². The van der Waals surface area contributed by atoms with E-state index in [-0.39, 0.29) is 17.7 Å². The van der Waals surface area contributed by atoms with Gasteiger partial charge in [-0.3, -0.25) is 14.2 Å². The number of phenolic OH excluding ortho intramolecular Hbond substituents is 1. The molecule has 0 aromatic heterocycles. The summed E-state index contributed by atoms with van der Waals surface area (Å²) < 4.78 is 7.19. The topological polar surface area (TPSA) is 117 Å². The Hall–Kier alpha value is -4.85. The molecule has 0 saturated heterocycles. The van der Waals surface area contributed by atoms with Gasteiger partial charge in [-0.2, -0.15) is 0 Å². The number of phenols is 1. The van der Waals surface area contributed by atoms with Crippen LogP contribution in [0, 0.1) is 0 Å². The van der Waals surface area contributed by atoms with Gasteiger partial charge in [-0.15, -0.1) is 0 Å². The average Bonchev–Trinajstić information content (AvgIpc) is 3.23. The molecule has 0 atom stereocenters. The molecular formula is C30H27N3O5. The molecule has 0 radical (unpaired) electrons. The van der Waals surface area contributed by atoms with Gasteiger partial charge in [0, 0.05) is 25.5 Å². The van der Waals surface area contributed by atoms with Crippen molar-refractivity contribution in [2.24, 2.45) is 0 Å². The Balaban J connectivity index is 1.44. The van der Waals surface area contributed by atoms with Crippen molar-refractivity contribution < 1.29 is 19.7 Å². The van der Waals surface area contributed by atoms with E-state index in [1.807, 2.05) is 54.6 Å². The van der Waals surface area contributed by atoms with Crippen LogP contribution in [-0.4, -0.2) is 37.3 Å². The van der Waals surface area contributed by atoms with Crippen molar-refractivity contribution in [1.82, 2.24) is 14.5 Å². The lowest BCUT2D eigenvalue weighted by Gasteiger charge is -2.13. The van der Waals surface area contributed by atoms with Crippen LogP contribution in [0.15, 0.2) is 89.9 Å². The van der Waals surface area contributed by atoms with Crippen LogP contribution in [0.5, 0.6) is 11.5 Å². The van der Waals surface area contributed by atoms with Gasteiger partial charge in [0.15, 0.2) is 5.82 Å². The summed E-state index contributed by atoms with van der Waals surface area (Å²) in [6.07, 6.45) is 3.19. The number of aromatic nitrogens is 3. The quantitative estimate of drug-likeness (QED) is 0.233. The third-order valence-electron chi connectivity index (χ3n) is 6.25. The van der Waals surface area contributed by atoms with Crippen LogP contribution in [0.4, 0.5) is 0 Å². The molecule has 0 fully saturated rings. The minimum Gasteiger partial charge on any atom is -0.508 e. The van der Waals surface area contributed by atoms with E-state index < -0.39 is 5.97 Å². The van der Waals surface area contributed by atoms with E-state index >= 15 is 0 Å². The molecule has 0 amide bonds. The summed E-state index contributed by atoms with van der Waals surface area (Å²) in [7, 11) is 0. The summed E-state index contributed by atoms with van der Waals surface area (Å²) in [4.78, 5) is 32.3. The first-order valence-electron chi connectivity index (χ1n) is 12.4. The minimum absolute atomic E-state index is 0.0659. The van der Waals surface area contributed by atoms with E-state index in [2.05, 4.69) is 4.98 Å². The Morgan fingerprint density at radius 1 is 0.921 bits per heavy atom. The molecule has 0 spiro atoms. The number of hydrogen-bond acceptors (Lipinski definition) is 5. The number of hydrogen-bond donors (Lipinski definition) is 3. The van der Waals surface area contributed by atoms with Crippen molar-refractivity contribution in [3.05, 3.63) is 118 Å². The average molecular weight is 510 g/mol. The molecular weight excluding hydrogens is 482 g/mol. The van der Waals surface area contributed by atoms with Gasteiger partial charge in [0.25, 0.3) is 5.56 Å². The number of carbonyl (C=O) groups is 1. The highest BCUT2D eigenvalue weighted by atomic mass is 16.5. The Kier molecular flexibility index (Phi) is 7.21. The number of aromatic hydroxyl groups is 1. The second-order valence-electron chi connectivity index (χ2n) is 9.08. The van der Waals surface area contributed by atoms with Gasteiger partial charge in [-0.05, 0) is 59.5 Å². The van der Waals surface area contributed by atoms with Crippen LogP contribution in [0.1, 0.15) is 35.4 Å². The standard InChI is InChI=1S/C30H27N3O5/c34-23-12-10-22(11-13-23)27-19-33-29(25(31-27)17-20-5-2-1-3-6-20)32-26(30(33)37)18-21-8-14-24(15-9-21)38-16-4-7-28(35)36/h1-3,5-6,8-15,19,31,34H,4,7,16-18H2,(H,35,36). The Bertz CT molecular complexity index is 1550. The maximum atomic E-state index is 13.4. The third kappa shape index (κ3) is 5.75. The first kappa shape index (κ1) is 24.8. The number of benzene rings is 3. The Morgan fingerprint density at radius 3 is 2.34 bits per heavy atom. The molecule has 3 N–H and O–H groups in total. The second kappa shape index (κ2) is 11.0. The van der Waals surface area contributed by atoms with Crippen LogP contribution in [-0.2, 0) is 17.6 Å². The van der Waals surface area contributed by atoms with E-state index in [1.54, 1.807) is 35.0 Å². The first-order chi connectivity index (χ1) is 18.5. The summed E-state index contributed by atoms with van der Waals surface area (Å²) in [5, 5.41) is 18.4. The van der Waals surface area contributed by atoms with E-state index in [1.165, 1.54) is 0 Å². The molecule has 3 aromatic carbocycles. The number of imidazole rings is 1. The molecule has 0 bridgehead atoms. The molecule has 0 unspecified atom stereocenters. The number of rotatable bonds is 10. The predicted molar refractivity (Wildman–Crippen MR) is 143 cm³/mol. The summed E-state index contributed by atoms with van der Waals surface area (Å²) in [6.45, 7) is 0.326. The predicted octanol–water partition coefficient (Wildman–Crippen LogP) is 4.80. The molecule has 3 aromatic rings. The fourth-order valence-electron chi connectivity index (χ4n) is 4.31. The number of carboxylic acid groups (broad SMARTS) is 1. The zero-order chi connectivity index (χ0) is 26.5. The number of fused-ring (bicyclic) bond motifs is 1. The monoisotopic (exact) mass is 509 g/mol. The fraction of sp³-hybridized carbons (Fsp3) is 0.167. The summed E-state index contributed by atoms with van der Waals surface area (Å²) in [5.74, 6) is 0.555. The van der Waals surface area contributed by atoms with E-state index in [0.717, 1.165) is 28.1 Å². The normalized spacial score (nSPS) is 11.1. The van der Waals surface area contributed by atoms with E-state index in [4.69, 9.17) is 14.8 Å². The molecule has 8 heteroatoms. The number of ether oxygens (including phenoxy) is 1. The van der Waals surface area contributed by atoms with Crippen LogP contribution in [0.3, 0.4) is 0 Å². The minimum atomic E-state index is -0.843. The van der Waals surface area contributed by atoms with Crippen molar-refractivity contribution in [3.8, 4) is 28.6 Å². The molecule has 0 saturated carbocycles. The van der Waals surface area contributed by atoms with E-state index in [9.17, 15) is 14.7 Å². The molecule has 2 aliphatic rings. The number of nitrogens with zero attached hydrogens (tertiary/aromatic N) is 2. The highest BCUT2D eigenvalue weighted by Crippen LogP contribution is 2.25. The second-order valence-corrected chi connectivity index (χ2v) is 9.08. The zero-order valence-electron chi connectivity index (χ0n) is 20.6. The lowest BCUT2D eigenvalue weighted by Crippen LogP contribution is -2.17. The van der Waals surface area contributed by atoms with Crippen molar-refractivity contribution in [3.63, 3.8) is 0 Å². The highest BCUT2D eigenvalue weighted by Gasteiger charge is 2.20. The summed E-state index contributed by atoms with van der Waals surface area (Å²) in [5.41, 5.74) is 4.65. The van der Waals surface area contributed by atoms with Crippen LogP contribution in [0.25, 0.3) is 17.1 Å². The van der Waals surface area contributed by atoms with Gasteiger partial charge < -0.3 is 19.9 Å². The van der Waals surface area contributed by atoms with Gasteiger partial charge in [-0.1, -0.05) is 42.5 Å². The Labute approximate surface area is 219 Å². The molecule has 38 heavy (non-hydrogen) atoms. The SMILES string of the molecule is O=C(O)CCCOc1ccc(Cc2nc3c(Cc4ccccc4)[nH]c(-c4ccc(O)cc4)cn-3c2=O)cc1. The maximum Gasteiger partial charge on any atom is 0.303 e. The number of aromatic amines is 1. The van der Waals surface area contributed by atoms with E-state index in [0.29, 0.717) is 43.1 Å². The number of nitrogens with one attached hydrogen (secondary N) is 1. The van der Waals surface area contributed by atoms with Gasteiger partial charge in [0.05, 0.1) is 18.0 Å². The van der Waals surface area contributed by atoms with Gasteiger partial charge in [0.1, 0.15) is 17.2 Å². The zero-order valence-corrected chi connectivity index (χ0v) is 20.6. The molecule has 192 valence electrons. The Morgan fingerprint density at radius 2 is 1.63 bits per heavy atom. The lowest BCUT2D eigenvalue weighted by atomic mass is 10.1. The lowest BCUT2D eigenvalue weighted by molar-refractivity contribution is -0.137. The largest absolute Gasteiger partial charge is 0.508 e. The third-order valence-corrected chi connectivity index (χ3v) is 6.25. The highest BCUT2D eigenvalue weighted by molar-refractivity contribution is 5.66. The van der Waals surface area contributed by atoms with Crippen molar-refractivity contribution in [2.75, 3.05) is 6.61 Å². The smallest absolute Gasteiger partial charge is 0.303 e. The molecule has 0 aliphatic carbocycles. The molecule has 2 heterocycles. The molecule has 8 nitrogen and oxygen atoms in total. The van der Waals surface area contributed by atoms with Crippen LogP contribution >= 0.6 is 0 Å². The van der Waals surface area contributed by atoms with Gasteiger partial charge in [0.2, 0.25) is 0 Å². The van der Waals surface area contributed by atoms with Crippen LogP contribution < -0.4 is 10.3 Å².